The lowest BCUT2D eigenvalue weighted by Crippen LogP contribution is -1.97. The smallest absolute Gasteiger partial charge is 0.263 e. The van der Waals surface area contributed by atoms with Gasteiger partial charge in [0, 0.05) is 23.4 Å². The number of benzene rings is 1. The van der Waals surface area contributed by atoms with Crippen LogP contribution >= 0.6 is 22.4 Å². The van der Waals surface area contributed by atoms with Gasteiger partial charge in [0.15, 0.2) is 0 Å². The molecule has 7 heteroatoms. The minimum Gasteiger partial charge on any atom is -0.496 e. The van der Waals surface area contributed by atoms with Crippen LogP contribution < -0.4 is 4.74 Å². The van der Waals surface area contributed by atoms with Crippen LogP contribution in [-0.4, -0.2) is 31.6 Å². The molecule has 0 N–H and O–H groups in total. The molecule has 0 aliphatic rings. The van der Waals surface area contributed by atoms with Gasteiger partial charge >= 0.3 is 0 Å². The fourth-order valence-corrected chi connectivity index (χ4v) is 3.98. The van der Waals surface area contributed by atoms with Gasteiger partial charge < -0.3 is 9.30 Å². The average Bonchev–Trinajstić information content (AvgIpc) is 2.82. The van der Waals surface area contributed by atoms with Crippen LogP contribution in [0.1, 0.15) is 13.3 Å². The van der Waals surface area contributed by atoms with Crippen molar-refractivity contribution < 1.29 is 13.2 Å². The van der Waals surface area contributed by atoms with Crippen molar-refractivity contribution in [3.05, 3.63) is 24.4 Å². The zero-order valence-electron chi connectivity index (χ0n) is 12.0. The van der Waals surface area contributed by atoms with Crippen LogP contribution in [0.5, 0.6) is 5.75 Å². The summed E-state index contributed by atoms with van der Waals surface area (Å²) in [5, 5.41) is 0.554. The van der Waals surface area contributed by atoms with E-state index in [1.54, 1.807) is 12.3 Å². The number of rotatable bonds is 7. The van der Waals surface area contributed by atoms with Gasteiger partial charge in [-0.2, -0.15) is 11.8 Å². The lowest BCUT2D eigenvalue weighted by Gasteiger charge is -2.06. The molecule has 0 atom stereocenters. The zero-order valence-corrected chi connectivity index (χ0v) is 14.4. The van der Waals surface area contributed by atoms with Crippen LogP contribution in [0, 0.1) is 0 Å². The fourth-order valence-electron chi connectivity index (χ4n) is 2.30. The summed E-state index contributed by atoms with van der Waals surface area (Å²) in [7, 11) is 3.27. The van der Waals surface area contributed by atoms with E-state index in [1.807, 2.05) is 28.5 Å². The van der Waals surface area contributed by atoms with Gasteiger partial charge in [0.2, 0.25) is 0 Å². The van der Waals surface area contributed by atoms with E-state index in [2.05, 4.69) is 6.92 Å². The Labute approximate surface area is 133 Å². The molecule has 2 aromatic rings. The second-order valence-corrected chi connectivity index (χ2v) is 8.46. The van der Waals surface area contributed by atoms with Crippen molar-refractivity contribution in [2.75, 3.05) is 18.6 Å². The average molecular weight is 348 g/mol. The lowest BCUT2D eigenvalue weighted by atomic mass is 10.2. The monoisotopic (exact) mass is 347 g/mol. The number of ether oxygens (including phenoxy) is 1. The molecule has 2 rings (SSSR count). The van der Waals surface area contributed by atoms with Crippen LogP contribution in [0.3, 0.4) is 0 Å². The Hall–Kier alpha value is -0.850. The number of aryl methyl sites for hydroxylation is 1. The molecule has 116 valence electrons. The molecule has 0 unspecified atom stereocenters. The van der Waals surface area contributed by atoms with Crippen molar-refractivity contribution in [1.82, 2.24) is 4.57 Å². The Morgan fingerprint density at radius 2 is 2.14 bits per heavy atom. The van der Waals surface area contributed by atoms with Gasteiger partial charge in [-0.25, -0.2) is 8.42 Å². The maximum absolute atomic E-state index is 11.8. The quantitative estimate of drug-likeness (QED) is 0.565. The molecule has 0 fully saturated rings. The molecular formula is C14H18ClNO3S2. The number of hydrogen-bond donors (Lipinski definition) is 0. The third-order valence-corrected chi connectivity index (χ3v) is 5.53. The van der Waals surface area contributed by atoms with Crippen molar-refractivity contribution in [3.63, 3.8) is 0 Å². The first-order valence-electron chi connectivity index (χ1n) is 6.67. The van der Waals surface area contributed by atoms with Crippen LogP contribution in [0.15, 0.2) is 29.3 Å². The molecule has 0 saturated carbocycles. The van der Waals surface area contributed by atoms with Crippen molar-refractivity contribution in [3.8, 4) is 5.75 Å². The Bertz CT molecular complexity index is 725. The van der Waals surface area contributed by atoms with Gasteiger partial charge in [0.05, 0.1) is 18.0 Å². The molecular weight excluding hydrogens is 330 g/mol. The molecule has 0 spiro atoms. The largest absolute Gasteiger partial charge is 0.496 e. The summed E-state index contributed by atoms with van der Waals surface area (Å²) < 4.78 is 30.8. The highest BCUT2D eigenvalue weighted by Gasteiger charge is 2.21. The predicted octanol–water partition coefficient (Wildman–Crippen LogP) is 3.72. The van der Waals surface area contributed by atoms with Crippen LogP contribution in [0.25, 0.3) is 10.9 Å². The summed E-state index contributed by atoms with van der Waals surface area (Å²) in [6.45, 7) is 2.88. The zero-order chi connectivity index (χ0) is 15.5. The second kappa shape index (κ2) is 6.94. The van der Waals surface area contributed by atoms with Crippen LogP contribution in [-0.2, 0) is 15.6 Å². The number of aromatic nitrogens is 1. The minimum absolute atomic E-state index is 0.111. The molecule has 0 aliphatic heterocycles. The van der Waals surface area contributed by atoms with E-state index in [1.165, 1.54) is 7.11 Å². The van der Waals surface area contributed by atoms with E-state index in [9.17, 15) is 8.42 Å². The first-order valence-corrected chi connectivity index (χ1v) is 10.1. The first kappa shape index (κ1) is 16.5. The van der Waals surface area contributed by atoms with Crippen LogP contribution in [0.2, 0.25) is 0 Å². The van der Waals surface area contributed by atoms with E-state index in [-0.39, 0.29) is 4.90 Å². The molecule has 0 amide bonds. The summed E-state index contributed by atoms with van der Waals surface area (Å²) in [5.41, 5.74) is 0.829. The number of nitrogens with zero attached hydrogens (tertiary/aromatic N) is 1. The van der Waals surface area contributed by atoms with Crippen molar-refractivity contribution in [2.24, 2.45) is 0 Å². The summed E-state index contributed by atoms with van der Waals surface area (Å²) in [6.07, 6.45) is 2.58. The maximum atomic E-state index is 11.8. The number of fused-ring (bicyclic) bond motifs is 1. The van der Waals surface area contributed by atoms with E-state index in [4.69, 9.17) is 15.4 Å². The standard InChI is InChI=1S/C14H18ClNO3S2/c1-3-20-9-5-8-16-10-13(21(15,17)18)14-11(16)6-4-7-12(14)19-2/h4,6-7,10H,3,5,8-9H2,1-2H3. The third-order valence-electron chi connectivity index (χ3n) is 3.21. The van der Waals surface area contributed by atoms with E-state index >= 15 is 0 Å². The highest BCUT2D eigenvalue weighted by molar-refractivity contribution is 8.14. The molecule has 21 heavy (non-hydrogen) atoms. The Balaban J connectivity index is 2.48. The topological polar surface area (TPSA) is 48.3 Å². The van der Waals surface area contributed by atoms with E-state index < -0.39 is 9.05 Å². The highest BCUT2D eigenvalue weighted by atomic mass is 35.7. The first-order chi connectivity index (χ1) is 9.99. The van der Waals surface area contributed by atoms with Crippen molar-refractivity contribution in [1.29, 1.82) is 0 Å². The fraction of sp³-hybridized carbons (Fsp3) is 0.429. The van der Waals surface area contributed by atoms with Gasteiger partial charge in [0.25, 0.3) is 9.05 Å². The Morgan fingerprint density at radius 1 is 1.38 bits per heavy atom. The van der Waals surface area contributed by atoms with E-state index in [0.29, 0.717) is 11.1 Å². The SMILES string of the molecule is CCSCCCn1cc(S(=O)(=O)Cl)c2c(OC)cccc21. The molecule has 4 nitrogen and oxygen atoms in total. The van der Waals surface area contributed by atoms with Crippen molar-refractivity contribution in [2.45, 2.75) is 24.8 Å². The minimum atomic E-state index is -3.81. The lowest BCUT2D eigenvalue weighted by molar-refractivity contribution is 0.419. The van der Waals surface area contributed by atoms with Crippen LogP contribution in [0.4, 0.5) is 0 Å². The molecule has 1 aromatic carbocycles. The summed E-state index contributed by atoms with van der Waals surface area (Å²) >= 11 is 1.87. The van der Waals surface area contributed by atoms with Gasteiger partial charge in [-0.05, 0) is 30.1 Å². The molecule has 0 radical (unpaired) electrons. The third kappa shape index (κ3) is 3.67. The van der Waals surface area contributed by atoms with E-state index in [0.717, 1.165) is 30.0 Å². The summed E-state index contributed by atoms with van der Waals surface area (Å²) in [4.78, 5) is 0.111. The second-order valence-electron chi connectivity index (χ2n) is 4.53. The van der Waals surface area contributed by atoms with Gasteiger partial charge in [-0.3, -0.25) is 0 Å². The summed E-state index contributed by atoms with van der Waals surface area (Å²) in [5.74, 6) is 2.65. The van der Waals surface area contributed by atoms with Crippen molar-refractivity contribution >= 4 is 42.4 Å². The van der Waals surface area contributed by atoms with Gasteiger partial charge in [-0.1, -0.05) is 13.0 Å². The number of halogens is 1. The predicted molar refractivity (Wildman–Crippen MR) is 89.1 cm³/mol. The highest BCUT2D eigenvalue weighted by Crippen LogP contribution is 2.35. The normalized spacial score (nSPS) is 12.0. The molecule has 0 aliphatic carbocycles. The maximum Gasteiger partial charge on any atom is 0.263 e. The number of hydrogen-bond acceptors (Lipinski definition) is 4. The summed E-state index contributed by atoms with van der Waals surface area (Å²) in [6, 6.07) is 5.48. The molecule has 0 bridgehead atoms. The Kier molecular flexibility index (Phi) is 5.46. The molecule has 1 aromatic heterocycles. The Morgan fingerprint density at radius 3 is 2.76 bits per heavy atom. The number of methoxy groups -OCH3 is 1. The van der Waals surface area contributed by atoms with Gasteiger partial charge in [-0.15, -0.1) is 0 Å². The van der Waals surface area contributed by atoms with Gasteiger partial charge in [0.1, 0.15) is 10.6 Å². The number of thioether (sulfide) groups is 1. The molecule has 1 heterocycles. The molecule has 0 saturated heterocycles.